The highest BCUT2D eigenvalue weighted by atomic mass is 19.3. The summed E-state index contributed by atoms with van der Waals surface area (Å²) >= 11 is 0. The van der Waals surface area contributed by atoms with Crippen molar-refractivity contribution in [2.75, 3.05) is 39.3 Å². The molecule has 2 aliphatic heterocycles. The molecule has 196 valence electrons. The van der Waals surface area contributed by atoms with Crippen LogP contribution in [-0.4, -0.2) is 88.0 Å². The lowest BCUT2D eigenvalue weighted by atomic mass is 9.77. The summed E-state index contributed by atoms with van der Waals surface area (Å²) in [6.45, 7) is 11.0. The third kappa shape index (κ3) is 5.26. The molecule has 0 bridgehead atoms. The minimum absolute atomic E-state index is 0.0627. The first-order valence-corrected chi connectivity index (χ1v) is 13.6. The number of piperazine rings is 1. The second-order valence-electron chi connectivity index (χ2n) is 11.9. The average molecular weight is 494 g/mol. The number of halogens is 2. The molecule has 3 heterocycles. The van der Waals surface area contributed by atoms with E-state index in [4.69, 9.17) is 4.52 Å². The van der Waals surface area contributed by atoms with Gasteiger partial charge in [-0.1, -0.05) is 12.1 Å². The number of nitrogens with zero attached hydrogens (tertiary/aromatic N) is 5. The largest absolute Gasteiger partial charge is 0.343 e. The molecule has 7 nitrogen and oxygen atoms in total. The number of carbonyl (C=O) groups is 1. The van der Waals surface area contributed by atoms with Crippen molar-refractivity contribution >= 4 is 5.91 Å². The Hall–Kier alpha value is -1.61. The molecule has 35 heavy (non-hydrogen) atoms. The monoisotopic (exact) mass is 493 g/mol. The molecule has 2 atom stereocenters. The van der Waals surface area contributed by atoms with Crippen LogP contribution in [0.2, 0.25) is 0 Å². The molecular formula is C26H41F2N5O2. The molecule has 4 aliphatic rings. The summed E-state index contributed by atoms with van der Waals surface area (Å²) in [6.07, 6.45) is 4.80. The Morgan fingerprint density at radius 2 is 1.74 bits per heavy atom. The molecule has 5 rings (SSSR count). The normalized spacial score (nSPS) is 30.1. The Balaban J connectivity index is 1.20. The number of rotatable bonds is 6. The summed E-state index contributed by atoms with van der Waals surface area (Å²) in [7, 11) is 0. The minimum Gasteiger partial charge on any atom is -0.343 e. The van der Waals surface area contributed by atoms with E-state index in [0.29, 0.717) is 31.5 Å². The van der Waals surface area contributed by atoms with Crippen molar-refractivity contribution in [1.29, 1.82) is 0 Å². The lowest BCUT2D eigenvalue weighted by Gasteiger charge is -2.47. The summed E-state index contributed by atoms with van der Waals surface area (Å²) in [6, 6.07) is 0.257. The average Bonchev–Trinajstić information content (AvgIpc) is 3.56. The maximum absolute atomic E-state index is 15.2. The third-order valence-corrected chi connectivity index (χ3v) is 9.09. The van der Waals surface area contributed by atoms with E-state index in [-0.39, 0.29) is 30.2 Å². The molecule has 0 spiro atoms. The Labute approximate surface area is 207 Å². The minimum atomic E-state index is -2.79. The third-order valence-electron chi connectivity index (χ3n) is 9.09. The van der Waals surface area contributed by atoms with Crippen molar-refractivity contribution in [3.8, 4) is 0 Å². The second-order valence-corrected chi connectivity index (χ2v) is 11.9. The van der Waals surface area contributed by atoms with Gasteiger partial charge in [0.15, 0.2) is 5.82 Å². The molecule has 9 heteroatoms. The fourth-order valence-corrected chi connectivity index (χ4v) is 6.29. The molecule has 1 aromatic rings. The van der Waals surface area contributed by atoms with E-state index in [1.165, 1.54) is 0 Å². The van der Waals surface area contributed by atoms with Crippen LogP contribution in [-0.2, 0) is 10.2 Å². The lowest BCUT2D eigenvalue weighted by Crippen LogP contribution is -2.58. The van der Waals surface area contributed by atoms with Crippen molar-refractivity contribution in [3.05, 3.63) is 11.7 Å². The van der Waals surface area contributed by atoms with Crippen LogP contribution in [0.3, 0.4) is 0 Å². The number of likely N-dealkylation sites (tertiary alicyclic amines) is 1. The predicted octanol–water partition coefficient (Wildman–Crippen LogP) is 4.05. The van der Waals surface area contributed by atoms with Gasteiger partial charge < -0.3 is 9.42 Å². The maximum Gasteiger partial charge on any atom is 0.252 e. The molecule has 0 radical (unpaired) electrons. The summed E-state index contributed by atoms with van der Waals surface area (Å²) in [5, 5.41) is 4.24. The molecule has 0 N–H and O–H groups in total. The van der Waals surface area contributed by atoms with Gasteiger partial charge in [-0.15, -0.1) is 0 Å². The highest BCUT2D eigenvalue weighted by Gasteiger charge is 2.50. The van der Waals surface area contributed by atoms with Gasteiger partial charge in [0.2, 0.25) is 11.8 Å². The summed E-state index contributed by atoms with van der Waals surface area (Å²) < 4.78 is 35.8. The van der Waals surface area contributed by atoms with Crippen molar-refractivity contribution in [1.82, 2.24) is 24.8 Å². The lowest BCUT2D eigenvalue weighted by molar-refractivity contribution is -0.151. The predicted molar refractivity (Wildman–Crippen MR) is 128 cm³/mol. The van der Waals surface area contributed by atoms with Gasteiger partial charge in [0.05, 0.1) is 0 Å². The number of aromatic nitrogens is 2. The first-order valence-electron chi connectivity index (χ1n) is 13.6. The van der Waals surface area contributed by atoms with Crippen LogP contribution < -0.4 is 0 Å². The van der Waals surface area contributed by atoms with E-state index in [2.05, 4.69) is 40.7 Å². The van der Waals surface area contributed by atoms with Gasteiger partial charge in [0.25, 0.3) is 5.92 Å². The highest BCUT2D eigenvalue weighted by molar-refractivity contribution is 5.76. The van der Waals surface area contributed by atoms with Crippen molar-refractivity contribution < 1.29 is 18.1 Å². The zero-order valence-electron chi connectivity index (χ0n) is 21.5. The standard InChI is InChI=1S/C26H41F2N5O2/c1-18(2)31-13-15-32(16-14-31)21-5-4-8-26(27,28)20(21)17-22(34)33-11-9-25(3,10-12-33)24-29-23(35-30-24)19-6-7-19/h18-21H,4-17H2,1-3H3/t20-,21+/m0/s1. The van der Waals surface area contributed by atoms with Gasteiger partial charge in [-0.3, -0.25) is 14.6 Å². The molecule has 0 unspecified atom stereocenters. The van der Waals surface area contributed by atoms with E-state index in [9.17, 15) is 4.79 Å². The summed E-state index contributed by atoms with van der Waals surface area (Å²) in [5.74, 6) is -1.94. The number of hydrogen-bond donors (Lipinski definition) is 0. The first-order chi connectivity index (χ1) is 16.7. The Kier molecular flexibility index (Phi) is 6.94. The topological polar surface area (TPSA) is 65.7 Å². The summed E-state index contributed by atoms with van der Waals surface area (Å²) in [4.78, 5) is 24.4. The Bertz CT molecular complexity index is 886. The fraction of sp³-hybridized carbons (Fsp3) is 0.885. The number of alkyl halides is 2. The number of hydrogen-bond acceptors (Lipinski definition) is 6. The zero-order chi connectivity index (χ0) is 24.8. The number of carbonyl (C=O) groups excluding carboxylic acids is 1. The summed E-state index contributed by atoms with van der Waals surface area (Å²) in [5.41, 5.74) is -0.235. The van der Waals surface area contributed by atoms with Gasteiger partial charge in [-0.05, 0) is 52.4 Å². The maximum atomic E-state index is 15.2. The van der Waals surface area contributed by atoms with E-state index in [0.717, 1.165) is 70.0 Å². The van der Waals surface area contributed by atoms with Gasteiger partial charge in [0, 0.05) is 81.4 Å². The van der Waals surface area contributed by atoms with Crippen molar-refractivity contribution in [3.63, 3.8) is 0 Å². The van der Waals surface area contributed by atoms with E-state index < -0.39 is 11.8 Å². The van der Waals surface area contributed by atoms with Crippen LogP contribution in [0, 0.1) is 5.92 Å². The molecule has 0 aromatic carbocycles. The number of amides is 1. The van der Waals surface area contributed by atoms with Gasteiger partial charge in [0.1, 0.15) is 0 Å². The molecular weight excluding hydrogens is 452 g/mol. The zero-order valence-corrected chi connectivity index (χ0v) is 21.5. The van der Waals surface area contributed by atoms with Crippen LogP contribution in [0.1, 0.15) is 89.8 Å². The molecule has 2 saturated heterocycles. The Morgan fingerprint density at radius 3 is 2.37 bits per heavy atom. The molecule has 2 aliphatic carbocycles. The van der Waals surface area contributed by atoms with Crippen LogP contribution in [0.25, 0.3) is 0 Å². The molecule has 1 aromatic heterocycles. The van der Waals surface area contributed by atoms with Crippen LogP contribution >= 0.6 is 0 Å². The van der Waals surface area contributed by atoms with Crippen LogP contribution in [0.4, 0.5) is 8.78 Å². The van der Waals surface area contributed by atoms with Crippen LogP contribution in [0.5, 0.6) is 0 Å². The van der Waals surface area contributed by atoms with Gasteiger partial charge in [-0.2, -0.15) is 4.98 Å². The van der Waals surface area contributed by atoms with Crippen LogP contribution in [0.15, 0.2) is 4.52 Å². The van der Waals surface area contributed by atoms with Gasteiger partial charge in [-0.25, -0.2) is 8.78 Å². The molecule has 4 fully saturated rings. The smallest absolute Gasteiger partial charge is 0.252 e. The molecule has 1 amide bonds. The fourth-order valence-electron chi connectivity index (χ4n) is 6.29. The van der Waals surface area contributed by atoms with Gasteiger partial charge >= 0.3 is 0 Å². The van der Waals surface area contributed by atoms with E-state index in [1.807, 2.05) is 0 Å². The van der Waals surface area contributed by atoms with Crippen molar-refractivity contribution in [2.24, 2.45) is 5.92 Å². The first kappa shape index (κ1) is 25.1. The van der Waals surface area contributed by atoms with E-state index >= 15 is 8.78 Å². The van der Waals surface area contributed by atoms with E-state index in [1.54, 1.807) is 4.90 Å². The Morgan fingerprint density at radius 1 is 1.06 bits per heavy atom. The second kappa shape index (κ2) is 9.69. The molecule has 2 saturated carbocycles. The highest BCUT2D eigenvalue weighted by Crippen LogP contribution is 2.44. The quantitative estimate of drug-likeness (QED) is 0.596. The number of piperidine rings is 1. The SMILES string of the molecule is CC(C)N1CCN([C@@H]2CCCC(F)(F)[C@H]2CC(=O)N2CCC(C)(c3noc(C4CC4)n3)CC2)CC1. The van der Waals surface area contributed by atoms with Crippen molar-refractivity contribution in [2.45, 2.75) is 101 Å².